The van der Waals surface area contributed by atoms with E-state index in [1.165, 1.54) is 10.5 Å². The number of carbonyl (C=O) groups excluding carboxylic acids is 3. The summed E-state index contributed by atoms with van der Waals surface area (Å²) >= 11 is 5.95. The summed E-state index contributed by atoms with van der Waals surface area (Å²) in [6.45, 7) is 1.70. The number of urea groups is 1. The molecule has 2 aliphatic rings. The highest BCUT2D eigenvalue weighted by molar-refractivity contribution is 6.30. The lowest BCUT2D eigenvalue weighted by atomic mass is 9.96. The van der Waals surface area contributed by atoms with Gasteiger partial charge in [0.05, 0.1) is 17.3 Å². The average Bonchev–Trinajstić information content (AvgIpc) is 3.17. The molecule has 0 saturated heterocycles. The minimum Gasteiger partial charge on any atom is -0.456 e. The second kappa shape index (κ2) is 9.44. The molecule has 4 rings (SSSR count). The molecule has 2 heterocycles. The summed E-state index contributed by atoms with van der Waals surface area (Å²) < 4.78 is 5.20. The molecule has 2 N–H and O–H groups in total. The third-order valence-corrected chi connectivity index (χ3v) is 5.87. The van der Waals surface area contributed by atoms with Gasteiger partial charge in [-0.2, -0.15) is 0 Å². The van der Waals surface area contributed by atoms with Crippen LogP contribution in [0.1, 0.15) is 30.5 Å². The highest BCUT2D eigenvalue weighted by Gasteiger charge is 2.42. The number of aryl methyl sites for hydroxylation is 1. The van der Waals surface area contributed by atoms with Crippen LogP contribution in [-0.2, 0) is 20.7 Å². The van der Waals surface area contributed by atoms with E-state index in [-0.39, 0.29) is 25.1 Å². The smallest absolute Gasteiger partial charge is 0.338 e. The predicted octanol–water partition coefficient (Wildman–Crippen LogP) is 3.35. The van der Waals surface area contributed by atoms with Crippen molar-refractivity contribution >= 4 is 29.5 Å². The zero-order valence-corrected chi connectivity index (χ0v) is 18.4. The van der Waals surface area contributed by atoms with Gasteiger partial charge in [0.2, 0.25) is 5.91 Å². The summed E-state index contributed by atoms with van der Waals surface area (Å²) in [6.07, 6.45) is 1.61. The molecule has 3 amide bonds. The number of hydrogen-bond acceptors (Lipinski definition) is 4. The third kappa shape index (κ3) is 4.78. The molecular weight excluding hydrogens is 430 g/mol. The Balaban J connectivity index is 1.43. The van der Waals surface area contributed by atoms with Crippen molar-refractivity contribution in [1.29, 1.82) is 0 Å². The van der Waals surface area contributed by atoms with Gasteiger partial charge in [-0.3, -0.25) is 9.69 Å². The maximum Gasteiger partial charge on any atom is 0.338 e. The molecule has 0 radical (unpaired) electrons. The van der Waals surface area contributed by atoms with Gasteiger partial charge < -0.3 is 15.4 Å². The van der Waals surface area contributed by atoms with Gasteiger partial charge in [0.1, 0.15) is 13.2 Å². The first-order chi connectivity index (χ1) is 15.4. The van der Waals surface area contributed by atoms with Gasteiger partial charge in [-0.15, -0.1) is 0 Å². The Bertz CT molecular complexity index is 1050. The first kappa shape index (κ1) is 21.9. The third-order valence-electron chi connectivity index (χ3n) is 5.62. The van der Waals surface area contributed by atoms with Crippen molar-refractivity contribution < 1.29 is 19.1 Å². The predicted molar refractivity (Wildman–Crippen MR) is 120 cm³/mol. The van der Waals surface area contributed by atoms with Gasteiger partial charge in [-0.05, 0) is 43.0 Å². The highest BCUT2D eigenvalue weighted by atomic mass is 35.5. The second-order valence-corrected chi connectivity index (χ2v) is 8.39. The van der Waals surface area contributed by atoms with E-state index in [0.29, 0.717) is 21.9 Å². The van der Waals surface area contributed by atoms with Crippen molar-refractivity contribution in [1.82, 2.24) is 15.5 Å². The molecule has 2 aromatic rings. The standard InChI is InChI=1S/C24H24ClN3O4/c1-15(7-8-16-5-3-2-4-6-16)26-20(29)13-28-19-14-32-23(30)21(19)22(27-24(28)31)17-9-11-18(25)12-10-17/h2-6,9-12,15,22H,7-8,13-14H2,1H3,(H,26,29)(H,27,31)/t15-,22-/m0/s1. The summed E-state index contributed by atoms with van der Waals surface area (Å²) in [6, 6.07) is 15.8. The van der Waals surface area contributed by atoms with Crippen molar-refractivity contribution in [3.8, 4) is 0 Å². The number of cyclic esters (lactones) is 1. The Hall–Kier alpha value is -3.32. The van der Waals surface area contributed by atoms with Crippen molar-refractivity contribution in [3.63, 3.8) is 0 Å². The molecule has 0 saturated carbocycles. The molecule has 2 atom stereocenters. The van der Waals surface area contributed by atoms with Crippen LogP contribution in [0.15, 0.2) is 65.9 Å². The highest BCUT2D eigenvalue weighted by Crippen LogP contribution is 2.35. The fraction of sp³-hybridized carbons (Fsp3) is 0.292. The van der Waals surface area contributed by atoms with Crippen LogP contribution in [0.2, 0.25) is 5.02 Å². The van der Waals surface area contributed by atoms with Gasteiger partial charge in [-0.25, -0.2) is 9.59 Å². The topological polar surface area (TPSA) is 87.7 Å². The zero-order chi connectivity index (χ0) is 22.7. The van der Waals surface area contributed by atoms with Crippen molar-refractivity contribution in [3.05, 3.63) is 82.0 Å². The molecule has 32 heavy (non-hydrogen) atoms. The summed E-state index contributed by atoms with van der Waals surface area (Å²) in [5, 5.41) is 6.30. The van der Waals surface area contributed by atoms with E-state index in [9.17, 15) is 14.4 Å². The number of nitrogens with zero attached hydrogens (tertiary/aromatic N) is 1. The van der Waals surface area contributed by atoms with Gasteiger partial charge in [0.15, 0.2) is 0 Å². The van der Waals surface area contributed by atoms with Crippen LogP contribution in [0.3, 0.4) is 0 Å². The molecule has 0 fully saturated rings. The van der Waals surface area contributed by atoms with E-state index >= 15 is 0 Å². The molecule has 7 nitrogen and oxygen atoms in total. The Morgan fingerprint density at radius 3 is 2.62 bits per heavy atom. The number of halogens is 1. The minimum atomic E-state index is -0.645. The summed E-state index contributed by atoms with van der Waals surface area (Å²) in [7, 11) is 0. The maximum atomic E-state index is 12.8. The van der Waals surface area contributed by atoms with Gasteiger partial charge in [0, 0.05) is 11.1 Å². The van der Waals surface area contributed by atoms with E-state index in [0.717, 1.165) is 12.8 Å². The van der Waals surface area contributed by atoms with Crippen molar-refractivity contribution in [2.45, 2.75) is 31.8 Å². The maximum absolute atomic E-state index is 12.8. The molecule has 2 aliphatic heterocycles. The van der Waals surface area contributed by atoms with Crippen LogP contribution in [0.4, 0.5) is 4.79 Å². The summed E-state index contributed by atoms with van der Waals surface area (Å²) in [4.78, 5) is 39.2. The SMILES string of the molecule is C[C@@H](CCc1ccccc1)NC(=O)CN1C(=O)N[C@@H](c2ccc(Cl)cc2)C2=C1COC2=O. The number of esters is 1. The molecule has 0 bridgehead atoms. The van der Waals surface area contributed by atoms with Gasteiger partial charge in [0.25, 0.3) is 0 Å². The Morgan fingerprint density at radius 1 is 1.19 bits per heavy atom. The molecule has 0 unspecified atom stereocenters. The first-order valence-corrected chi connectivity index (χ1v) is 10.9. The van der Waals surface area contributed by atoms with E-state index in [1.54, 1.807) is 24.3 Å². The van der Waals surface area contributed by atoms with E-state index in [1.807, 2.05) is 25.1 Å². The number of rotatable bonds is 7. The van der Waals surface area contributed by atoms with E-state index in [4.69, 9.17) is 16.3 Å². The number of amides is 3. The quantitative estimate of drug-likeness (QED) is 0.629. The molecule has 2 aromatic carbocycles. The van der Waals surface area contributed by atoms with Crippen LogP contribution in [-0.4, -0.2) is 42.0 Å². The Morgan fingerprint density at radius 2 is 1.91 bits per heavy atom. The van der Waals surface area contributed by atoms with E-state index in [2.05, 4.69) is 22.8 Å². The number of hydrogen-bond donors (Lipinski definition) is 2. The number of nitrogens with one attached hydrogen (secondary N) is 2. The van der Waals surface area contributed by atoms with Crippen LogP contribution >= 0.6 is 11.6 Å². The molecule has 0 spiro atoms. The lowest BCUT2D eigenvalue weighted by Gasteiger charge is -2.32. The Kier molecular flexibility index (Phi) is 6.46. The molecule has 0 aromatic heterocycles. The average molecular weight is 454 g/mol. The van der Waals surface area contributed by atoms with Crippen LogP contribution in [0.25, 0.3) is 0 Å². The fourth-order valence-corrected chi connectivity index (χ4v) is 4.07. The lowest BCUT2D eigenvalue weighted by molar-refractivity contribution is -0.136. The lowest BCUT2D eigenvalue weighted by Crippen LogP contribution is -2.51. The Labute approximate surface area is 191 Å². The normalized spacial score (nSPS) is 18.7. The molecule has 0 aliphatic carbocycles. The first-order valence-electron chi connectivity index (χ1n) is 10.5. The largest absolute Gasteiger partial charge is 0.456 e. The minimum absolute atomic E-state index is 0.0392. The molecular formula is C24H24ClN3O4. The van der Waals surface area contributed by atoms with E-state index < -0.39 is 18.0 Å². The molecule has 166 valence electrons. The van der Waals surface area contributed by atoms with Crippen LogP contribution < -0.4 is 10.6 Å². The van der Waals surface area contributed by atoms with Crippen LogP contribution in [0.5, 0.6) is 0 Å². The van der Waals surface area contributed by atoms with Crippen molar-refractivity contribution in [2.75, 3.05) is 13.2 Å². The van der Waals surface area contributed by atoms with Gasteiger partial charge in [-0.1, -0.05) is 54.1 Å². The van der Waals surface area contributed by atoms with Gasteiger partial charge >= 0.3 is 12.0 Å². The van der Waals surface area contributed by atoms with Crippen molar-refractivity contribution in [2.24, 2.45) is 0 Å². The fourth-order valence-electron chi connectivity index (χ4n) is 3.95. The number of benzene rings is 2. The number of ether oxygens (including phenoxy) is 1. The monoisotopic (exact) mass is 453 g/mol. The van der Waals surface area contributed by atoms with Crippen LogP contribution in [0, 0.1) is 0 Å². The second-order valence-electron chi connectivity index (χ2n) is 7.95. The summed E-state index contributed by atoms with van der Waals surface area (Å²) in [5.74, 6) is -0.793. The molecule has 8 heteroatoms. The zero-order valence-electron chi connectivity index (χ0n) is 17.6. The summed E-state index contributed by atoms with van der Waals surface area (Å²) in [5.41, 5.74) is 2.68. The number of carbonyl (C=O) groups is 3.